The standard InChI is InChI=1S/C25H34ClN3O4S/c1-17-11-18(2)13-22(12-17)29(34(7,32)33)16-23(30)28(15-20-9-8-10-21(26)14-20)19(3)24(31)27-25(4,5)6/h8-14,19H,15-16H2,1-7H3,(H,27,31)/t19-/m1/s1. The van der Waals surface area contributed by atoms with Crippen LogP contribution in [0.25, 0.3) is 0 Å². The molecule has 186 valence electrons. The largest absolute Gasteiger partial charge is 0.350 e. The molecule has 0 fully saturated rings. The number of amides is 2. The first-order chi connectivity index (χ1) is 15.6. The highest BCUT2D eigenvalue weighted by Gasteiger charge is 2.31. The van der Waals surface area contributed by atoms with Gasteiger partial charge in [-0.25, -0.2) is 8.42 Å². The van der Waals surface area contributed by atoms with Crippen molar-refractivity contribution in [3.63, 3.8) is 0 Å². The zero-order valence-corrected chi connectivity index (χ0v) is 22.4. The number of rotatable bonds is 8. The minimum Gasteiger partial charge on any atom is -0.350 e. The number of benzene rings is 2. The quantitative estimate of drug-likeness (QED) is 0.583. The Balaban J connectivity index is 2.44. The number of hydrogen-bond acceptors (Lipinski definition) is 4. The van der Waals surface area contributed by atoms with Crippen LogP contribution in [0.4, 0.5) is 5.69 Å². The molecule has 2 aromatic carbocycles. The third kappa shape index (κ3) is 8.02. The number of nitrogens with one attached hydrogen (secondary N) is 1. The van der Waals surface area contributed by atoms with Gasteiger partial charge >= 0.3 is 0 Å². The van der Waals surface area contributed by atoms with Crippen LogP contribution in [0, 0.1) is 13.8 Å². The molecule has 2 rings (SSSR count). The highest BCUT2D eigenvalue weighted by Crippen LogP contribution is 2.22. The summed E-state index contributed by atoms with van der Waals surface area (Å²) in [4.78, 5) is 27.9. The zero-order chi connectivity index (χ0) is 25.8. The fourth-order valence-electron chi connectivity index (χ4n) is 3.60. The van der Waals surface area contributed by atoms with E-state index in [9.17, 15) is 18.0 Å². The van der Waals surface area contributed by atoms with E-state index in [4.69, 9.17) is 11.6 Å². The van der Waals surface area contributed by atoms with Crippen molar-refractivity contribution in [3.8, 4) is 0 Å². The van der Waals surface area contributed by atoms with E-state index >= 15 is 0 Å². The summed E-state index contributed by atoms with van der Waals surface area (Å²) in [6.07, 6.45) is 1.06. The Morgan fingerprint density at radius 3 is 2.15 bits per heavy atom. The van der Waals surface area contributed by atoms with Crippen LogP contribution in [0.1, 0.15) is 44.4 Å². The molecular weight excluding hydrogens is 474 g/mol. The van der Waals surface area contributed by atoms with Gasteiger partial charge in [0, 0.05) is 17.1 Å². The van der Waals surface area contributed by atoms with Gasteiger partial charge in [0.15, 0.2) is 0 Å². The number of hydrogen-bond donors (Lipinski definition) is 1. The van der Waals surface area contributed by atoms with Gasteiger partial charge in [-0.2, -0.15) is 0 Å². The minimum atomic E-state index is -3.77. The predicted octanol–water partition coefficient (Wildman–Crippen LogP) is 4.05. The van der Waals surface area contributed by atoms with Gasteiger partial charge in [0.2, 0.25) is 21.8 Å². The Hall–Kier alpha value is -2.58. The van der Waals surface area contributed by atoms with Gasteiger partial charge in [0.1, 0.15) is 12.6 Å². The molecule has 1 N–H and O–H groups in total. The molecule has 0 unspecified atom stereocenters. The normalized spacial score (nSPS) is 12.7. The van der Waals surface area contributed by atoms with Crippen LogP contribution in [-0.4, -0.2) is 49.5 Å². The molecule has 9 heteroatoms. The van der Waals surface area contributed by atoms with Gasteiger partial charge in [-0.1, -0.05) is 29.8 Å². The second-order valence-corrected chi connectivity index (χ2v) is 12.0. The topological polar surface area (TPSA) is 86.8 Å². The number of aryl methyl sites for hydroxylation is 2. The van der Waals surface area contributed by atoms with Crippen molar-refractivity contribution >= 4 is 39.1 Å². The van der Waals surface area contributed by atoms with Crippen LogP contribution in [-0.2, 0) is 26.2 Å². The number of carbonyl (C=O) groups excluding carboxylic acids is 2. The molecule has 0 saturated heterocycles. The molecule has 0 aliphatic heterocycles. The number of carbonyl (C=O) groups is 2. The van der Waals surface area contributed by atoms with Crippen LogP contribution in [0.5, 0.6) is 0 Å². The third-order valence-electron chi connectivity index (χ3n) is 5.08. The highest BCUT2D eigenvalue weighted by molar-refractivity contribution is 7.92. The zero-order valence-electron chi connectivity index (χ0n) is 20.8. The SMILES string of the molecule is Cc1cc(C)cc(N(CC(=O)N(Cc2cccc(Cl)c2)[C@H](C)C(=O)NC(C)(C)C)S(C)(=O)=O)c1. The third-order valence-corrected chi connectivity index (χ3v) is 6.46. The Morgan fingerprint density at radius 1 is 1.06 bits per heavy atom. The summed E-state index contributed by atoms with van der Waals surface area (Å²) >= 11 is 6.12. The Labute approximate surface area is 208 Å². The summed E-state index contributed by atoms with van der Waals surface area (Å²) in [5, 5.41) is 3.40. The van der Waals surface area contributed by atoms with Crippen molar-refractivity contribution < 1.29 is 18.0 Å². The van der Waals surface area contributed by atoms with Gasteiger partial charge in [-0.3, -0.25) is 13.9 Å². The molecule has 1 atom stereocenters. The average Bonchev–Trinajstić information content (AvgIpc) is 2.66. The smallest absolute Gasteiger partial charge is 0.244 e. The maximum atomic E-state index is 13.6. The second kappa shape index (κ2) is 10.8. The molecule has 0 aromatic heterocycles. The lowest BCUT2D eigenvalue weighted by Crippen LogP contribution is -2.54. The predicted molar refractivity (Wildman–Crippen MR) is 137 cm³/mol. The van der Waals surface area contributed by atoms with E-state index < -0.39 is 34.1 Å². The second-order valence-electron chi connectivity index (χ2n) is 9.68. The molecule has 0 aliphatic rings. The maximum Gasteiger partial charge on any atom is 0.244 e. The molecule has 0 spiro atoms. The Bertz CT molecular complexity index is 1140. The van der Waals surface area contributed by atoms with Crippen molar-refractivity contribution in [1.82, 2.24) is 10.2 Å². The lowest BCUT2D eigenvalue weighted by atomic mass is 10.1. The van der Waals surface area contributed by atoms with Gasteiger partial charge in [-0.05, 0) is 82.5 Å². The molecule has 0 radical (unpaired) electrons. The molecule has 7 nitrogen and oxygen atoms in total. The van der Waals surface area contributed by atoms with Gasteiger partial charge in [-0.15, -0.1) is 0 Å². The first kappa shape index (κ1) is 27.7. The minimum absolute atomic E-state index is 0.0998. The van der Waals surface area contributed by atoms with E-state index in [-0.39, 0.29) is 12.5 Å². The van der Waals surface area contributed by atoms with Crippen LogP contribution < -0.4 is 9.62 Å². The van der Waals surface area contributed by atoms with E-state index in [1.165, 1.54) is 4.90 Å². The first-order valence-electron chi connectivity index (χ1n) is 11.0. The molecule has 0 bridgehead atoms. The van der Waals surface area contributed by atoms with E-state index in [0.29, 0.717) is 10.7 Å². The number of halogens is 1. The molecule has 0 saturated carbocycles. The van der Waals surface area contributed by atoms with Crippen molar-refractivity contribution in [1.29, 1.82) is 0 Å². The van der Waals surface area contributed by atoms with Gasteiger partial charge in [0.05, 0.1) is 11.9 Å². The highest BCUT2D eigenvalue weighted by atomic mass is 35.5. The number of sulfonamides is 1. The Kier molecular flexibility index (Phi) is 8.77. The van der Waals surface area contributed by atoms with Crippen LogP contribution in [0.2, 0.25) is 5.02 Å². The van der Waals surface area contributed by atoms with Crippen LogP contribution >= 0.6 is 11.6 Å². The molecule has 2 aromatic rings. The van der Waals surface area contributed by atoms with Crippen molar-refractivity contribution in [2.45, 2.75) is 59.7 Å². The lowest BCUT2D eigenvalue weighted by molar-refractivity contribution is -0.140. The van der Waals surface area contributed by atoms with Gasteiger partial charge < -0.3 is 10.2 Å². The first-order valence-corrected chi connectivity index (χ1v) is 13.2. The van der Waals surface area contributed by atoms with Crippen LogP contribution in [0.15, 0.2) is 42.5 Å². The summed E-state index contributed by atoms with van der Waals surface area (Å²) in [5.41, 5.74) is 2.40. The fraction of sp³-hybridized carbons (Fsp3) is 0.440. The maximum absolute atomic E-state index is 13.6. The van der Waals surface area contributed by atoms with Crippen molar-refractivity contribution in [2.75, 3.05) is 17.1 Å². The van der Waals surface area contributed by atoms with Crippen molar-refractivity contribution in [2.24, 2.45) is 0 Å². The summed E-state index contributed by atoms with van der Waals surface area (Å²) in [5.74, 6) is -0.832. The lowest BCUT2D eigenvalue weighted by Gasteiger charge is -2.33. The molecule has 0 heterocycles. The fourth-order valence-corrected chi connectivity index (χ4v) is 4.64. The molecule has 34 heavy (non-hydrogen) atoms. The van der Waals surface area contributed by atoms with Crippen molar-refractivity contribution in [3.05, 3.63) is 64.2 Å². The summed E-state index contributed by atoms with van der Waals surface area (Å²) in [7, 11) is -3.77. The monoisotopic (exact) mass is 507 g/mol. The molecule has 2 amide bonds. The van der Waals surface area contributed by atoms with E-state index in [2.05, 4.69) is 5.32 Å². The summed E-state index contributed by atoms with van der Waals surface area (Å²) in [6, 6.07) is 11.5. The molecule has 0 aliphatic carbocycles. The summed E-state index contributed by atoms with van der Waals surface area (Å²) in [6.45, 7) is 10.6. The summed E-state index contributed by atoms with van der Waals surface area (Å²) < 4.78 is 26.4. The van der Waals surface area contributed by atoms with Gasteiger partial charge in [0.25, 0.3) is 0 Å². The average molecular weight is 508 g/mol. The molecular formula is C25H34ClN3O4S. The van der Waals surface area contributed by atoms with Crippen LogP contribution in [0.3, 0.4) is 0 Å². The van der Waals surface area contributed by atoms with E-state index in [1.807, 2.05) is 40.7 Å². The number of nitrogens with zero attached hydrogens (tertiary/aromatic N) is 2. The van der Waals surface area contributed by atoms with E-state index in [0.717, 1.165) is 27.3 Å². The van der Waals surface area contributed by atoms with E-state index in [1.54, 1.807) is 43.3 Å². The Morgan fingerprint density at radius 2 is 1.65 bits per heavy atom. The number of anilines is 1.